The number of ether oxygens (including phenoxy) is 1. The zero-order valence-electron chi connectivity index (χ0n) is 12.8. The Morgan fingerprint density at radius 1 is 1.00 bits per heavy atom. The lowest BCUT2D eigenvalue weighted by atomic mass is 10.0. The Kier molecular flexibility index (Phi) is 6.59. The van der Waals surface area contributed by atoms with Gasteiger partial charge in [-0.25, -0.2) is 4.79 Å². The molecule has 0 fully saturated rings. The van der Waals surface area contributed by atoms with E-state index in [0.717, 1.165) is 5.56 Å². The minimum Gasteiger partial charge on any atom is -0.445 e. The van der Waals surface area contributed by atoms with Gasteiger partial charge in [-0.05, 0) is 17.5 Å². The molecule has 5 nitrogen and oxygen atoms in total. The Labute approximate surface area is 135 Å². The molecule has 0 aliphatic heterocycles. The van der Waals surface area contributed by atoms with E-state index in [1.807, 2.05) is 36.4 Å². The average Bonchev–Trinajstić information content (AvgIpc) is 2.61. The first kappa shape index (κ1) is 17.0. The van der Waals surface area contributed by atoms with Gasteiger partial charge in [0.15, 0.2) is 0 Å². The molecule has 0 aliphatic rings. The van der Waals surface area contributed by atoms with Gasteiger partial charge in [-0.3, -0.25) is 0 Å². The zero-order chi connectivity index (χ0) is 16.5. The fourth-order valence-electron chi connectivity index (χ4n) is 2.13. The summed E-state index contributed by atoms with van der Waals surface area (Å²) in [7, 11) is 0. The molecule has 0 aliphatic carbocycles. The van der Waals surface area contributed by atoms with Gasteiger partial charge in [0.25, 0.3) is 0 Å². The van der Waals surface area contributed by atoms with Crippen LogP contribution >= 0.6 is 0 Å². The maximum atomic E-state index is 11.6. The van der Waals surface area contributed by atoms with Crippen LogP contribution in [0, 0.1) is 0 Å². The molecule has 1 amide bonds. The van der Waals surface area contributed by atoms with Crippen molar-refractivity contribution in [2.24, 2.45) is 0 Å². The van der Waals surface area contributed by atoms with Crippen LogP contribution in [0.25, 0.3) is 0 Å². The van der Waals surface area contributed by atoms with Crippen molar-refractivity contribution < 1.29 is 19.7 Å². The van der Waals surface area contributed by atoms with E-state index in [-0.39, 0.29) is 19.6 Å². The zero-order valence-corrected chi connectivity index (χ0v) is 12.8. The normalized spacial score (nSPS) is 13.1. The number of carbonyl (C=O) groups excluding carboxylic acids is 1. The van der Waals surface area contributed by atoms with Gasteiger partial charge in [-0.2, -0.15) is 0 Å². The fraction of sp³-hybridized carbons (Fsp3) is 0.278. The summed E-state index contributed by atoms with van der Waals surface area (Å²) >= 11 is 0. The number of nitrogens with one attached hydrogen (secondary N) is 1. The third kappa shape index (κ3) is 5.73. The van der Waals surface area contributed by atoms with Crippen molar-refractivity contribution in [1.29, 1.82) is 0 Å². The molecule has 2 atom stereocenters. The van der Waals surface area contributed by atoms with Crippen LogP contribution in [-0.4, -0.2) is 29.0 Å². The third-order valence-electron chi connectivity index (χ3n) is 3.43. The number of aliphatic hydroxyl groups is 2. The molecule has 5 heteroatoms. The van der Waals surface area contributed by atoms with Crippen molar-refractivity contribution in [3.8, 4) is 0 Å². The number of aliphatic hydroxyl groups excluding tert-OH is 2. The lowest BCUT2D eigenvalue weighted by Crippen LogP contribution is -2.29. The predicted molar refractivity (Wildman–Crippen MR) is 86.7 cm³/mol. The van der Waals surface area contributed by atoms with E-state index in [1.54, 1.807) is 24.3 Å². The molecular weight excluding hydrogens is 294 g/mol. The summed E-state index contributed by atoms with van der Waals surface area (Å²) in [6.07, 6.45) is -2.24. The lowest BCUT2D eigenvalue weighted by molar-refractivity contribution is 0.0136. The van der Waals surface area contributed by atoms with Crippen LogP contribution in [0.5, 0.6) is 0 Å². The monoisotopic (exact) mass is 315 g/mol. The standard InChI is InChI=1S/C18H21NO4/c20-16(17(21)15-9-5-2-6-10-15)11-12-19-18(22)23-13-14-7-3-1-4-8-14/h1-10,16-17,20-21H,11-13H2,(H,19,22). The maximum Gasteiger partial charge on any atom is 0.407 e. The van der Waals surface area contributed by atoms with Crippen LogP contribution < -0.4 is 5.32 Å². The highest BCUT2D eigenvalue weighted by Gasteiger charge is 2.18. The smallest absolute Gasteiger partial charge is 0.407 e. The quantitative estimate of drug-likeness (QED) is 0.733. The van der Waals surface area contributed by atoms with E-state index in [4.69, 9.17) is 4.74 Å². The van der Waals surface area contributed by atoms with Gasteiger partial charge >= 0.3 is 6.09 Å². The van der Waals surface area contributed by atoms with Crippen molar-refractivity contribution in [3.05, 3.63) is 71.8 Å². The first-order chi connectivity index (χ1) is 11.2. The second kappa shape index (κ2) is 8.92. The number of rotatable bonds is 7. The van der Waals surface area contributed by atoms with Gasteiger partial charge in [0, 0.05) is 6.54 Å². The maximum absolute atomic E-state index is 11.6. The Morgan fingerprint density at radius 2 is 1.61 bits per heavy atom. The molecule has 2 rings (SSSR count). The van der Waals surface area contributed by atoms with E-state index < -0.39 is 18.3 Å². The number of alkyl carbamates (subject to hydrolysis) is 1. The first-order valence-electron chi connectivity index (χ1n) is 7.52. The van der Waals surface area contributed by atoms with Gasteiger partial charge in [0.2, 0.25) is 0 Å². The van der Waals surface area contributed by atoms with Crippen LogP contribution in [0.2, 0.25) is 0 Å². The molecule has 0 radical (unpaired) electrons. The fourth-order valence-corrected chi connectivity index (χ4v) is 2.13. The van der Waals surface area contributed by atoms with Gasteiger partial charge in [-0.15, -0.1) is 0 Å². The van der Waals surface area contributed by atoms with E-state index in [9.17, 15) is 15.0 Å². The molecule has 0 saturated carbocycles. The van der Waals surface area contributed by atoms with E-state index in [2.05, 4.69) is 5.32 Å². The molecule has 0 heterocycles. The predicted octanol–water partition coefficient (Wildman–Crippen LogP) is 2.40. The lowest BCUT2D eigenvalue weighted by Gasteiger charge is -2.18. The third-order valence-corrected chi connectivity index (χ3v) is 3.43. The molecule has 23 heavy (non-hydrogen) atoms. The minimum absolute atomic E-state index is 0.196. The van der Waals surface area contributed by atoms with E-state index in [1.165, 1.54) is 0 Å². The Balaban J connectivity index is 1.67. The van der Waals surface area contributed by atoms with Crippen molar-refractivity contribution in [2.45, 2.75) is 25.2 Å². The second-order valence-electron chi connectivity index (χ2n) is 5.20. The summed E-state index contributed by atoms with van der Waals surface area (Å²) in [5.41, 5.74) is 1.55. The highest BCUT2D eigenvalue weighted by Crippen LogP contribution is 2.18. The highest BCUT2D eigenvalue weighted by atomic mass is 16.5. The molecule has 0 spiro atoms. The average molecular weight is 315 g/mol. The molecule has 3 N–H and O–H groups in total. The summed E-state index contributed by atoms with van der Waals surface area (Å²) in [6, 6.07) is 18.3. The number of hydrogen-bond acceptors (Lipinski definition) is 4. The SMILES string of the molecule is O=C(NCCC(O)C(O)c1ccccc1)OCc1ccccc1. The first-order valence-corrected chi connectivity index (χ1v) is 7.52. The van der Waals surface area contributed by atoms with Crippen LogP contribution in [0.15, 0.2) is 60.7 Å². The number of carbonyl (C=O) groups is 1. The molecule has 2 aromatic carbocycles. The summed E-state index contributed by atoms with van der Waals surface area (Å²) in [4.78, 5) is 11.6. The van der Waals surface area contributed by atoms with Crippen LogP contribution in [-0.2, 0) is 11.3 Å². The molecule has 0 aromatic heterocycles. The second-order valence-corrected chi connectivity index (χ2v) is 5.20. The minimum atomic E-state index is -0.974. The summed E-state index contributed by atoms with van der Waals surface area (Å²) in [6.45, 7) is 0.417. The Bertz CT molecular complexity index is 588. The van der Waals surface area contributed by atoms with Gasteiger partial charge < -0.3 is 20.3 Å². The van der Waals surface area contributed by atoms with Gasteiger partial charge in [0.05, 0.1) is 6.10 Å². The van der Waals surface area contributed by atoms with Crippen LogP contribution in [0.4, 0.5) is 4.79 Å². The molecule has 122 valence electrons. The highest BCUT2D eigenvalue weighted by molar-refractivity contribution is 5.67. The number of hydrogen-bond donors (Lipinski definition) is 3. The topological polar surface area (TPSA) is 78.8 Å². The van der Waals surface area contributed by atoms with E-state index in [0.29, 0.717) is 5.56 Å². The van der Waals surface area contributed by atoms with Crippen LogP contribution in [0.1, 0.15) is 23.7 Å². The Hall–Kier alpha value is -2.37. The van der Waals surface area contributed by atoms with Gasteiger partial charge in [-0.1, -0.05) is 60.7 Å². The molecule has 2 unspecified atom stereocenters. The summed E-state index contributed by atoms with van der Waals surface area (Å²) in [5, 5.41) is 22.5. The number of benzene rings is 2. The largest absolute Gasteiger partial charge is 0.445 e. The molecule has 0 bridgehead atoms. The van der Waals surface area contributed by atoms with Crippen molar-refractivity contribution in [1.82, 2.24) is 5.32 Å². The summed E-state index contributed by atoms with van der Waals surface area (Å²) in [5.74, 6) is 0. The Morgan fingerprint density at radius 3 is 2.26 bits per heavy atom. The summed E-state index contributed by atoms with van der Waals surface area (Å²) < 4.78 is 5.06. The molecule has 2 aromatic rings. The van der Waals surface area contributed by atoms with E-state index >= 15 is 0 Å². The van der Waals surface area contributed by atoms with Crippen molar-refractivity contribution in [3.63, 3.8) is 0 Å². The van der Waals surface area contributed by atoms with Crippen molar-refractivity contribution in [2.75, 3.05) is 6.54 Å². The van der Waals surface area contributed by atoms with Crippen LogP contribution in [0.3, 0.4) is 0 Å². The van der Waals surface area contributed by atoms with Gasteiger partial charge in [0.1, 0.15) is 12.7 Å². The number of amides is 1. The van der Waals surface area contributed by atoms with Crippen molar-refractivity contribution >= 4 is 6.09 Å². The molecular formula is C18H21NO4. The molecule has 0 saturated heterocycles.